The number of nitrogens with one attached hydrogen (secondary N) is 1. The van der Waals surface area contributed by atoms with Crippen molar-refractivity contribution in [1.29, 1.82) is 0 Å². The third-order valence-electron chi connectivity index (χ3n) is 6.96. The second kappa shape index (κ2) is 8.86. The predicted molar refractivity (Wildman–Crippen MR) is 139 cm³/mol. The van der Waals surface area contributed by atoms with Crippen LogP contribution in [0.25, 0.3) is 22.2 Å². The molecule has 36 heavy (non-hydrogen) atoms. The first kappa shape index (κ1) is 22.4. The second-order valence-corrected chi connectivity index (χ2v) is 9.74. The Kier molecular flexibility index (Phi) is 5.51. The van der Waals surface area contributed by atoms with E-state index in [1.54, 1.807) is 12.4 Å². The van der Waals surface area contributed by atoms with E-state index in [0.717, 1.165) is 59.2 Å². The molecule has 2 aromatic carbocycles. The molecule has 4 aromatic rings. The number of nitrogens with two attached hydrogens (primary N) is 1. The van der Waals surface area contributed by atoms with Crippen LogP contribution in [0, 0.1) is 12.8 Å². The van der Waals surface area contributed by atoms with Crippen LogP contribution in [0.3, 0.4) is 0 Å². The van der Waals surface area contributed by atoms with Crippen LogP contribution >= 0.6 is 0 Å². The fraction of sp³-hybridized carbons (Fsp3) is 0.321. The lowest BCUT2D eigenvalue weighted by Gasteiger charge is -2.14. The number of fused-ring (bicyclic) bond motifs is 1. The van der Waals surface area contributed by atoms with E-state index in [2.05, 4.69) is 19.9 Å². The van der Waals surface area contributed by atoms with Crippen LogP contribution in [0.2, 0.25) is 0 Å². The van der Waals surface area contributed by atoms with Crippen LogP contribution in [0.15, 0.2) is 54.9 Å². The van der Waals surface area contributed by atoms with Crippen molar-refractivity contribution in [3.8, 4) is 22.9 Å². The quantitative estimate of drug-likeness (QED) is 0.312. The minimum atomic E-state index is -0.417. The van der Waals surface area contributed by atoms with Gasteiger partial charge in [0.25, 0.3) is 0 Å². The van der Waals surface area contributed by atoms with E-state index in [9.17, 15) is 4.79 Å². The van der Waals surface area contributed by atoms with Gasteiger partial charge in [-0.25, -0.2) is 9.78 Å². The number of aryl methyl sites for hydroxylation is 1. The molecule has 2 heterocycles. The largest absolute Gasteiger partial charge is 0.446 e. The maximum Gasteiger partial charge on any atom is 0.411 e. The highest BCUT2D eigenvalue weighted by atomic mass is 16.6. The maximum atomic E-state index is 12.2. The molecule has 2 saturated carbocycles. The van der Waals surface area contributed by atoms with Gasteiger partial charge in [-0.15, -0.1) is 0 Å². The minimum Gasteiger partial charge on any atom is -0.446 e. The number of hydrogen-bond donors (Lipinski definition) is 2. The van der Waals surface area contributed by atoms with Gasteiger partial charge in [-0.3, -0.25) is 10.3 Å². The fourth-order valence-corrected chi connectivity index (χ4v) is 4.68. The van der Waals surface area contributed by atoms with Gasteiger partial charge in [0, 0.05) is 41.1 Å². The number of anilines is 2. The summed E-state index contributed by atoms with van der Waals surface area (Å²) in [7, 11) is 0. The third kappa shape index (κ3) is 4.34. The monoisotopic (exact) mass is 483 g/mol. The van der Waals surface area contributed by atoms with Gasteiger partial charge in [-0.2, -0.15) is 0 Å². The SMILES string of the molecule is Cc1nccnc1Oc1ccc2c(N)c(-c3ccc(NC(=O)O[C@H](C)C4CC4)cc3)n(C3CC3)c2c1. The van der Waals surface area contributed by atoms with Crippen molar-refractivity contribution in [2.45, 2.75) is 51.7 Å². The standard InChI is InChI=1S/C28H29N5O3/c1-16-27(31-14-13-30-16)36-22-11-12-23-24(15-22)33(21-9-10-21)26(25(23)29)19-5-7-20(8-6-19)32-28(34)35-17(2)18-3-4-18/h5-8,11-15,17-18,21H,3-4,9-10,29H2,1-2H3,(H,32,34)/t17-/m1/s1. The highest BCUT2D eigenvalue weighted by molar-refractivity contribution is 6.02. The lowest BCUT2D eigenvalue weighted by Crippen LogP contribution is -2.21. The summed E-state index contributed by atoms with van der Waals surface area (Å²) in [6.07, 6.45) is 7.28. The highest BCUT2D eigenvalue weighted by Gasteiger charge is 2.31. The van der Waals surface area contributed by atoms with Gasteiger partial charge in [-0.05, 0) is 69.7 Å². The van der Waals surface area contributed by atoms with Gasteiger partial charge in [0.05, 0.1) is 22.6 Å². The molecule has 1 amide bonds. The van der Waals surface area contributed by atoms with Gasteiger partial charge in [0.1, 0.15) is 11.9 Å². The van der Waals surface area contributed by atoms with Crippen LogP contribution < -0.4 is 15.8 Å². The first-order valence-corrected chi connectivity index (χ1v) is 12.4. The van der Waals surface area contributed by atoms with E-state index < -0.39 is 6.09 Å². The van der Waals surface area contributed by atoms with Crippen molar-refractivity contribution in [2.75, 3.05) is 11.1 Å². The molecule has 1 atom stereocenters. The van der Waals surface area contributed by atoms with Gasteiger partial charge >= 0.3 is 6.09 Å². The number of carbonyl (C=O) groups excluding carboxylic acids is 1. The van der Waals surface area contributed by atoms with Gasteiger partial charge in [-0.1, -0.05) is 12.1 Å². The summed E-state index contributed by atoms with van der Waals surface area (Å²) in [6, 6.07) is 14.1. The molecule has 0 spiro atoms. The number of rotatable bonds is 7. The predicted octanol–water partition coefficient (Wildman–Crippen LogP) is 6.46. The van der Waals surface area contributed by atoms with Crippen LogP contribution in [0.5, 0.6) is 11.6 Å². The molecule has 2 fully saturated rings. The first-order valence-electron chi connectivity index (χ1n) is 12.4. The zero-order chi connectivity index (χ0) is 24.8. The van der Waals surface area contributed by atoms with Crippen molar-refractivity contribution in [3.63, 3.8) is 0 Å². The summed E-state index contributed by atoms with van der Waals surface area (Å²) >= 11 is 0. The number of benzene rings is 2. The Hall–Kier alpha value is -4.07. The molecular formula is C28H29N5O3. The Morgan fingerprint density at radius 1 is 1.08 bits per heavy atom. The highest BCUT2D eigenvalue weighted by Crippen LogP contribution is 2.47. The lowest BCUT2D eigenvalue weighted by molar-refractivity contribution is 0.108. The average molecular weight is 484 g/mol. The Bertz CT molecular complexity index is 1440. The Labute approximate surface area is 209 Å². The summed E-state index contributed by atoms with van der Waals surface area (Å²) in [6.45, 7) is 3.82. The maximum absolute atomic E-state index is 12.2. The summed E-state index contributed by atoms with van der Waals surface area (Å²) in [5.41, 5.74) is 11.9. The third-order valence-corrected chi connectivity index (χ3v) is 6.96. The summed E-state index contributed by atoms with van der Waals surface area (Å²) in [5, 5.41) is 3.82. The molecule has 0 unspecified atom stereocenters. The molecule has 0 saturated heterocycles. The Morgan fingerprint density at radius 3 is 2.53 bits per heavy atom. The van der Waals surface area contributed by atoms with Crippen LogP contribution in [0.4, 0.5) is 16.2 Å². The molecule has 2 aliphatic rings. The Morgan fingerprint density at radius 2 is 1.83 bits per heavy atom. The average Bonchev–Trinajstić information content (AvgIpc) is 3.79. The fourth-order valence-electron chi connectivity index (χ4n) is 4.68. The number of hydrogen-bond acceptors (Lipinski definition) is 6. The molecule has 2 aliphatic carbocycles. The van der Waals surface area contributed by atoms with E-state index in [4.69, 9.17) is 15.2 Å². The number of aromatic nitrogens is 3. The number of nitrogen functional groups attached to an aromatic ring is 1. The molecular weight excluding hydrogens is 454 g/mol. The van der Waals surface area contributed by atoms with Crippen molar-refractivity contribution in [2.24, 2.45) is 5.92 Å². The molecule has 3 N–H and O–H groups in total. The molecule has 0 bridgehead atoms. The summed E-state index contributed by atoms with van der Waals surface area (Å²) in [5.74, 6) is 1.68. The molecule has 2 aromatic heterocycles. The molecule has 184 valence electrons. The number of amides is 1. The van der Waals surface area contributed by atoms with Crippen molar-refractivity contribution in [3.05, 3.63) is 60.6 Å². The van der Waals surface area contributed by atoms with E-state index in [1.807, 2.05) is 56.3 Å². The zero-order valence-electron chi connectivity index (χ0n) is 20.4. The van der Waals surface area contributed by atoms with Crippen molar-refractivity contribution < 1.29 is 14.3 Å². The van der Waals surface area contributed by atoms with Crippen LogP contribution in [0.1, 0.15) is 44.3 Å². The molecule has 8 nitrogen and oxygen atoms in total. The van der Waals surface area contributed by atoms with E-state index in [0.29, 0.717) is 29.3 Å². The Balaban J connectivity index is 1.29. The normalized spacial score (nSPS) is 16.1. The number of nitrogens with zero attached hydrogens (tertiary/aromatic N) is 3. The summed E-state index contributed by atoms with van der Waals surface area (Å²) < 4.78 is 13.8. The van der Waals surface area contributed by atoms with Gasteiger partial charge < -0.3 is 19.8 Å². The minimum absolute atomic E-state index is 0.0509. The smallest absolute Gasteiger partial charge is 0.411 e. The molecule has 8 heteroatoms. The lowest BCUT2D eigenvalue weighted by atomic mass is 10.1. The molecule has 0 aliphatic heterocycles. The summed E-state index contributed by atoms with van der Waals surface area (Å²) in [4.78, 5) is 20.8. The number of carbonyl (C=O) groups is 1. The molecule has 6 rings (SSSR count). The van der Waals surface area contributed by atoms with E-state index >= 15 is 0 Å². The van der Waals surface area contributed by atoms with Crippen LogP contribution in [-0.4, -0.2) is 26.7 Å². The van der Waals surface area contributed by atoms with E-state index in [-0.39, 0.29) is 6.10 Å². The first-order chi connectivity index (χ1) is 17.5. The molecule has 0 radical (unpaired) electrons. The van der Waals surface area contributed by atoms with Gasteiger partial charge in [0.15, 0.2) is 0 Å². The zero-order valence-corrected chi connectivity index (χ0v) is 20.4. The van der Waals surface area contributed by atoms with Crippen molar-refractivity contribution >= 4 is 28.4 Å². The second-order valence-electron chi connectivity index (χ2n) is 9.74. The van der Waals surface area contributed by atoms with Crippen LogP contribution in [-0.2, 0) is 4.74 Å². The number of ether oxygens (including phenoxy) is 2. The van der Waals surface area contributed by atoms with E-state index in [1.165, 1.54) is 0 Å². The van der Waals surface area contributed by atoms with Gasteiger partial charge in [0.2, 0.25) is 5.88 Å². The topological polar surface area (TPSA) is 104 Å². The van der Waals surface area contributed by atoms with Crippen molar-refractivity contribution in [1.82, 2.24) is 14.5 Å².